The first-order valence-electron chi connectivity index (χ1n) is 4.69. The van der Waals surface area contributed by atoms with E-state index in [1.807, 2.05) is 12.1 Å². The first kappa shape index (κ1) is 9.04. The van der Waals surface area contributed by atoms with Crippen LogP contribution in [0.5, 0.6) is 0 Å². The molecule has 1 saturated heterocycles. The minimum absolute atomic E-state index is 0.575. The molecule has 0 aliphatic carbocycles. The van der Waals surface area contributed by atoms with Crippen LogP contribution in [-0.2, 0) is 4.74 Å². The van der Waals surface area contributed by atoms with Gasteiger partial charge in [0, 0.05) is 17.5 Å². The maximum Gasteiger partial charge on any atom is 0.0534 e. The molecule has 0 N–H and O–H groups in total. The molecule has 0 aromatic heterocycles. The molecule has 1 aromatic carbocycles. The van der Waals surface area contributed by atoms with Gasteiger partial charge in [-0.3, -0.25) is 0 Å². The molecule has 1 atom stereocenters. The summed E-state index contributed by atoms with van der Waals surface area (Å²) in [6.45, 7) is 1.78. The Kier molecular flexibility index (Phi) is 2.87. The predicted octanol–water partition coefficient (Wildman–Crippen LogP) is 3.23. The molecule has 2 rings (SSSR count). The molecular formula is C11H13ClO. The van der Waals surface area contributed by atoms with Crippen LogP contribution in [0.2, 0.25) is 5.02 Å². The first-order valence-corrected chi connectivity index (χ1v) is 5.07. The molecule has 1 aromatic rings. The summed E-state index contributed by atoms with van der Waals surface area (Å²) < 4.78 is 5.43. The van der Waals surface area contributed by atoms with Gasteiger partial charge in [-0.25, -0.2) is 0 Å². The Morgan fingerprint density at radius 3 is 2.62 bits per heavy atom. The van der Waals surface area contributed by atoms with E-state index in [4.69, 9.17) is 16.3 Å². The van der Waals surface area contributed by atoms with E-state index in [9.17, 15) is 0 Å². The fourth-order valence-electron chi connectivity index (χ4n) is 1.74. The second-order valence-electron chi connectivity index (χ2n) is 3.47. The van der Waals surface area contributed by atoms with Crippen LogP contribution < -0.4 is 0 Å². The summed E-state index contributed by atoms with van der Waals surface area (Å²) in [5.74, 6) is 0.575. The highest BCUT2D eigenvalue weighted by Gasteiger charge is 2.15. The van der Waals surface area contributed by atoms with Crippen molar-refractivity contribution in [2.24, 2.45) is 0 Å². The van der Waals surface area contributed by atoms with Crippen molar-refractivity contribution in [2.45, 2.75) is 18.8 Å². The lowest BCUT2D eigenvalue weighted by Crippen LogP contribution is -2.15. The molecule has 1 heterocycles. The maximum atomic E-state index is 5.82. The first-order chi connectivity index (χ1) is 6.36. The van der Waals surface area contributed by atoms with Gasteiger partial charge >= 0.3 is 0 Å². The third kappa shape index (κ3) is 2.23. The number of ether oxygens (including phenoxy) is 1. The molecule has 0 bridgehead atoms. The lowest BCUT2D eigenvalue weighted by molar-refractivity contribution is 0.0804. The summed E-state index contributed by atoms with van der Waals surface area (Å²) in [5, 5.41) is 0.806. The molecule has 13 heavy (non-hydrogen) atoms. The van der Waals surface area contributed by atoms with Crippen molar-refractivity contribution in [3.63, 3.8) is 0 Å². The van der Waals surface area contributed by atoms with E-state index in [0.29, 0.717) is 5.92 Å². The summed E-state index contributed by atoms with van der Waals surface area (Å²) in [5.41, 5.74) is 1.35. The number of rotatable bonds is 1. The van der Waals surface area contributed by atoms with Crippen molar-refractivity contribution in [3.8, 4) is 0 Å². The molecule has 1 aliphatic rings. The summed E-state index contributed by atoms with van der Waals surface area (Å²) >= 11 is 5.82. The van der Waals surface area contributed by atoms with E-state index in [1.54, 1.807) is 0 Å². The fourth-order valence-corrected chi connectivity index (χ4v) is 1.86. The average molecular weight is 197 g/mol. The van der Waals surface area contributed by atoms with Crippen LogP contribution in [0.15, 0.2) is 24.3 Å². The Hall–Kier alpha value is -0.530. The molecule has 1 fully saturated rings. The standard InChI is InChI=1S/C11H13ClO/c12-11-5-3-9(4-6-11)10-2-1-7-13-8-10/h3-6,10H,1-2,7-8H2. The molecule has 0 radical (unpaired) electrons. The number of benzene rings is 1. The zero-order valence-corrected chi connectivity index (χ0v) is 8.26. The second-order valence-corrected chi connectivity index (χ2v) is 3.90. The third-order valence-electron chi connectivity index (χ3n) is 2.50. The number of hydrogen-bond donors (Lipinski definition) is 0. The van der Waals surface area contributed by atoms with E-state index in [2.05, 4.69) is 12.1 Å². The Balaban J connectivity index is 2.10. The van der Waals surface area contributed by atoms with Gasteiger partial charge in [-0.2, -0.15) is 0 Å². The van der Waals surface area contributed by atoms with Crippen molar-refractivity contribution in [1.29, 1.82) is 0 Å². The highest BCUT2D eigenvalue weighted by molar-refractivity contribution is 6.30. The van der Waals surface area contributed by atoms with Gasteiger partial charge in [0.25, 0.3) is 0 Å². The zero-order valence-electron chi connectivity index (χ0n) is 7.50. The molecule has 0 amide bonds. The van der Waals surface area contributed by atoms with E-state index in [-0.39, 0.29) is 0 Å². The molecule has 70 valence electrons. The van der Waals surface area contributed by atoms with Crippen LogP contribution in [0.1, 0.15) is 24.3 Å². The van der Waals surface area contributed by atoms with E-state index in [0.717, 1.165) is 18.2 Å². The van der Waals surface area contributed by atoms with Crippen LogP contribution in [0, 0.1) is 0 Å². The van der Waals surface area contributed by atoms with Crippen molar-refractivity contribution < 1.29 is 4.74 Å². The lowest BCUT2D eigenvalue weighted by atomic mass is 9.94. The van der Waals surface area contributed by atoms with Gasteiger partial charge in [0.2, 0.25) is 0 Å². The summed E-state index contributed by atoms with van der Waals surface area (Å²) in [6, 6.07) is 8.10. The summed E-state index contributed by atoms with van der Waals surface area (Å²) in [6.07, 6.45) is 2.41. The van der Waals surface area contributed by atoms with Gasteiger partial charge < -0.3 is 4.74 Å². The molecule has 1 nitrogen and oxygen atoms in total. The zero-order chi connectivity index (χ0) is 9.10. The van der Waals surface area contributed by atoms with E-state index < -0.39 is 0 Å². The summed E-state index contributed by atoms with van der Waals surface area (Å²) in [4.78, 5) is 0. The average Bonchev–Trinajstić information content (AvgIpc) is 2.20. The Morgan fingerprint density at radius 2 is 2.00 bits per heavy atom. The Labute approximate surface area is 83.7 Å². The van der Waals surface area contributed by atoms with Gasteiger partial charge in [-0.15, -0.1) is 0 Å². The van der Waals surface area contributed by atoms with Gasteiger partial charge in [-0.1, -0.05) is 23.7 Å². The quantitative estimate of drug-likeness (QED) is 0.670. The molecule has 0 saturated carbocycles. The van der Waals surface area contributed by atoms with Crippen LogP contribution in [0.25, 0.3) is 0 Å². The lowest BCUT2D eigenvalue weighted by Gasteiger charge is -2.22. The summed E-state index contributed by atoms with van der Waals surface area (Å²) in [7, 11) is 0. The smallest absolute Gasteiger partial charge is 0.0534 e. The monoisotopic (exact) mass is 196 g/mol. The normalized spacial score (nSPS) is 23.0. The SMILES string of the molecule is Clc1ccc(C2CCCOC2)cc1. The van der Waals surface area contributed by atoms with Gasteiger partial charge in [0.1, 0.15) is 0 Å². The van der Waals surface area contributed by atoms with E-state index in [1.165, 1.54) is 18.4 Å². The minimum atomic E-state index is 0.575. The topological polar surface area (TPSA) is 9.23 Å². The highest BCUT2D eigenvalue weighted by atomic mass is 35.5. The van der Waals surface area contributed by atoms with E-state index >= 15 is 0 Å². The van der Waals surface area contributed by atoms with Gasteiger partial charge in [-0.05, 0) is 30.5 Å². The van der Waals surface area contributed by atoms with Crippen molar-refractivity contribution in [3.05, 3.63) is 34.9 Å². The molecule has 2 heteroatoms. The molecule has 1 aliphatic heterocycles. The number of hydrogen-bond acceptors (Lipinski definition) is 1. The molecule has 0 spiro atoms. The van der Waals surface area contributed by atoms with Gasteiger partial charge in [0.05, 0.1) is 6.61 Å². The van der Waals surface area contributed by atoms with Crippen molar-refractivity contribution >= 4 is 11.6 Å². The third-order valence-corrected chi connectivity index (χ3v) is 2.75. The van der Waals surface area contributed by atoms with Crippen molar-refractivity contribution in [2.75, 3.05) is 13.2 Å². The fraction of sp³-hybridized carbons (Fsp3) is 0.455. The van der Waals surface area contributed by atoms with Crippen LogP contribution in [0.3, 0.4) is 0 Å². The Bertz CT molecular complexity index is 262. The van der Waals surface area contributed by atoms with Crippen molar-refractivity contribution in [1.82, 2.24) is 0 Å². The molecule has 1 unspecified atom stereocenters. The van der Waals surface area contributed by atoms with Crippen LogP contribution in [0.4, 0.5) is 0 Å². The highest BCUT2D eigenvalue weighted by Crippen LogP contribution is 2.26. The van der Waals surface area contributed by atoms with Crippen LogP contribution in [-0.4, -0.2) is 13.2 Å². The second kappa shape index (κ2) is 4.12. The Morgan fingerprint density at radius 1 is 1.23 bits per heavy atom. The van der Waals surface area contributed by atoms with Crippen LogP contribution >= 0.6 is 11.6 Å². The molecular weight excluding hydrogens is 184 g/mol. The number of halogens is 1. The maximum absolute atomic E-state index is 5.82. The minimum Gasteiger partial charge on any atom is -0.381 e. The largest absolute Gasteiger partial charge is 0.381 e. The predicted molar refractivity (Wildman–Crippen MR) is 54.2 cm³/mol. The van der Waals surface area contributed by atoms with Gasteiger partial charge in [0.15, 0.2) is 0 Å².